The normalized spacial score (nSPS) is 8.45. The molecule has 0 rings (SSSR count). The molecule has 0 amide bonds. The third kappa shape index (κ3) is 7.38. The molecule has 0 radical (unpaired) electrons. The molecule has 0 aliphatic heterocycles. The zero-order valence-corrected chi connectivity index (χ0v) is 7.39. The summed E-state index contributed by atoms with van der Waals surface area (Å²) in [7, 11) is 1.32. The number of esters is 1. The van der Waals surface area contributed by atoms with Gasteiger partial charge in [0.05, 0.1) is 0 Å². The second-order valence-electron chi connectivity index (χ2n) is 2.03. The molecule has 3 nitrogen and oxygen atoms in total. The van der Waals surface area contributed by atoms with Gasteiger partial charge in [-0.15, -0.1) is 0 Å². The first kappa shape index (κ1) is 10.5. The summed E-state index contributed by atoms with van der Waals surface area (Å²) >= 11 is 0. The first-order valence-electron chi connectivity index (χ1n) is 3.43. The van der Waals surface area contributed by atoms with Gasteiger partial charge in [-0.25, -0.2) is 0 Å². The van der Waals surface area contributed by atoms with Crippen LogP contribution in [0, 0.1) is 5.63 Å². The van der Waals surface area contributed by atoms with Crippen LogP contribution in [0.2, 0.25) is 0 Å². The van der Waals surface area contributed by atoms with Crippen LogP contribution in [0.3, 0.4) is 0 Å². The fraction of sp³-hybridized carbons (Fsp3) is 0.714. The molecule has 0 aromatic heterocycles. The summed E-state index contributed by atoms with van der Waals surface area (Å²) in [5, 5.41) is 0. The van der Waals surface area contributed by atoms with Crippen molar-refractivity contribution >= 4 is 13.9 Å². The molecule has 4 heteroatoms. The van der Waals surface area contributed by atoms with Crippen LogP contribution in [0.15, 0.2) is 0 Å². The molecule has 0 saturated carbocycles. The molecule has 0 aromatic rings. The van der Waals surface area contributed by atoms with Gasteiger partial charge in [-0.2, -0.15) is 0 Å². The van der Waals surface area contributed by atoms with Gasteiger partial charge in [0.2, 0.25) is 0 Å². The zero-order chi connectivity index (χ0) is 8.53. The van der Waals surface area contributed by atoms with Crippen LogP contribution < -0.4 is 0 Å². The zero-order valence-electron chi connectivity index (χ0n) is 6.50. The van der Waals surface area contributed by atoms with Crippen molar-refractivity contribution in [3.8, 4) is 5.63 Å². The van der Waals surface area contributed by atoms with Gasteiger partial charge in [-0.1, -0.05) is 0 Å². The summed E-state index contributed by atoms with van der Waals surface area (Å²) < 4.78 is 14.3. The average molecular weight is 174 g/mol. The van der Waals surface area contributed by atoms with Gasteiger partial charge in [-0.05, 0) is 0 Å². The Hall–Kier alpha value is -0.520. The Kier molecular flexibility index (Phi) is 7.23. The Labute approximate surface area is 67.2 Å². The molecule has 0 heterocycles. The van der Waals surface area contributed by atoms with Crippen molar-refractivity contribution in [2.45, 2.75) is 25.7 Å². The number of methoxy groups -OCH3 is 1. The summed E-state index contributed by atoms with van der Waals surface area (Å²) in [5.41, 5.74) is 2.60. The summed E-state index contributed by atoms with van der Waals surface area (Å²) in [5.74, 6) is -0.190. The van der Waals surface area contributed by atoms with Gasteiger partial charge in [0, 0.05) is 0 Å². The van der Waals surface area contributed by atoms with E-state index in [1.54, 1.807) is 0 Å². The van der Waals surface area contributed by atoms with Crippen molar-refractivity contribution in [2.24, 2.45) is 0 Å². The Morgan fingerprint density at radius 2 is 2.27 bits per heavy atom. The Bertz CT molecular complexity index is 205. The molecule has 0 aliphatic rings. The third-order valence-corrected chi connectivity index (χ3v) is 1.56. The molecule has 0 aliphatic carbocycles. The predicted molar refractivity (Wildman–Crippen MR) is 42.0 cm³/mol. The molecule has 0 bridgehead atoms. The minimum atomic E-state index is -0.190. The topological polar surface area (TPSA) is 43.4 Å². The van der Waals surface area contributed by atoms with Crippen molar-refractivity contribution in [1.29, 1.82) is 0 Å². The maximum atomic E-state index is 10.5. The van der Waals surface area contributed by atoms with Crippen molar-refractivity contribution in [3.63, 3.8) is 0 Å². The van der Waals surface area contributed by atoms with Gasteiger partial charge in [-0.3, -0.25) is 0 Å². The second-order valence-corrected chi connectivity index (χ2v) is 2.53. The molecule has 62 valence electrons. The van der Waals surface area contributed by atoms with Gasteiger partial charge in [0.15, 0.2) is 0 Å². The van der Waals surface area contributed by atoms with E-state index in [2.05, 4.69) is 10.4 Å². The summed E-state index contributed by atoms with van der Waals surface area (Å²) in [6, 6.07) is 0. The molecular formula is C7H11O3P. The summed E-state index contributed by atoms with van der Waals surface area (Å²) in [4.78, 5) is 10.5. The molecular weight excluding hydrogens is 163 g/mol. The number of carbonyl (C=O) groups is 1. The predicted octanol–water partition coefficient (Wildman–Crippen LogP) is 1.97. The van der Waals surface area contributed by atoms with Crippen molar-refractivity contribution in [2.75, 3.05) is 7.11 Å². The van der Waals surface area contributed by atoms with E-state index in [1.165, 1.54) is 7.11 Å². The third-order valence-electron chi connectivity index (χ3n) is 1.21. The molecule has 11 heavy (non-hydrogen) atoms. The molecule has 0 atom stereocenters. The fourth-order valence-electron chi connectivity index (χ4n) is 0.621. The van der Waals surface area contributed by atoms with Crippen LogP contribution in [-0.4, -0.2) is 13.1 Å². The van der Waals surface area contributed by atoms with E-state index in [4.69, 9.17) is 0 Å². The van der Waals surface area contributed by atoms with Crippen molar-refractivity contribution < 1.29 is 14.1 Å². The quantitative estimate of drug-likeness (QED) is 0.371. The van der Waals surface area contributed by atoms with E-state index >= 15 is 0 Å². The van der Waals surface area contributed by atoms with E-state index < -0.39 is 0 Å². The van der Waals surface area contributed by atoms with E-state index in [0.717, 1.165) is 12.8 Å². The van der Waals surface area contributed by atoms with E-state index in [0.29, 0.717) is 12.8 Å². The molecule has 0 unspecified atom stereocenters. The number of unbranched alkanes of at least 4 members (excludes halogenated alkanes) is 2. The van der Waals surface area contributed by atoms with Crippen molar-refractivity contribution in [3.05, 3.63) is 0 Å². The molecule has 0 N–H and O–H groups in total. The number of ether oxygens (including phenoxy) is 1. The fourth-order valence-corrected chi connectivity index (χ4v) is 0.871. The average Bonchev–Trinajstić information content (AvgIpc) is 2.04. The van der Waals surface area contributed by atoms with Crippen LogP contribution in [0.4, 0.5) is 0 Å². The van der Waals surface area contributed by atoms with Crippen LogP contribution in [0.25, 0.3) is 0 Å². The Morgan fingerprint density at radius 1 is 1.55 bits per heavy atom. The maximum absolute atomic E-state index is 10.5. The van der Waals surface area contributed by atoms with Crippen LogP contribution in [0.1, 0.15) is 25.7 Å². The molecule has 0 spiro atoms. The monoisotopic (exact) mass is 174 g/mol. The SMILES string of the molecule is COC(=O)CCCCC#P=O. The van der Waals surface area contributed by atoms with Gasteiger partial charge < -0.3 is 0 Å². The van der Waals surface area contributed by atoms with Crippen LogP contribution in [0.5, 0.6) is 0 Å². The summed E-state index contributed by atoms with van der Waals surface area (Å²) in [6.07, 6.45) is 2.72. The molecule has 0 fully saturated rings. The second kappa shape index (κ2) is 7.59. The van der Waals surface area contributed by atoms with E-state index in [1.807, 2.05) is 0 Å². The number of rotatable bonds is 4. The number of hydrogen-bond acceptors (Lipinski definition) is 3. The first-order chi connectivity index (χ1) is 5.31. The van der Waals surface area contributed by atoms with E-state index in [-0.39, 0.29) is 13.9 Å². The standard InChI is InChI=1S/C7H11O3P/c1-10-7(8)5-3-2-4-6-11-9/h2-5H2,1H3. The molecule has 0 saturated heterocycles. The minimum absolute atomic E-state index is 0.0512. The molecule has 0 aromatic carbocycles. The van der Waals surface area contributed by atoms with Gasteiger partial charge in [0.1, 0.15) is 0 Å². The van der Waals surface area contributed by atoms with Crippen LogP contribution >= 0.6 is 7.92 Å². The Morgan fingerprint density at radius 3 is 2.82 bits per heavy atom. The van der Waals surface area contributed by atoms with Crippen molar-refractivity contribution in [1.82, 2.24) is 0 Å². The Balaban J connectivity index is 3.18. The van der Waals surface area contributed by atoms with Gasteiger partial charge >= 0.3 is 66.4 Å². The first-order valence-corrected chi connectivity index (χ1v) is 4.24. The summed E-state index contributed by atoms with van der Waals surface area (Å²) in [6.45, 7) is 0. The van der Waals surface area contributed by atoms with Crippen LogP contribution in [-0.2, 0) is 14.1 Å². The van der Waals surface area contributed by atoms with Gasteiger partial charge in [0.25, 0.3) is 0 Å². The number of carbonyl (C=O) groups excluding carboxylic acids is 1. The number of hydrogen-bond donors (Lipinski definition) is 0. The van der Waals surface area contributed by atoms with E-state index in [9.17, 15) is 9.36 Å².